The predicted octanol–water partition coefficient (Wildman–Crippen LogP) is 0.590. The van der Waals surface area contributed by atoms with Crippen molar-refractivity contribution in [1.82, 2.24) is 15.1 Å². The van der Waals surface area contributed by atoms with Crippen LogP contribution in [0.5, 0.6) is 0 Å². The number of halogens is 1. The lowest BCUT2D eigenvalue weighted by Crippen LogP contribution is -2.51. The highest BCUT2D eigenvalue weighted by Crippen LogP contribution is 2.11. The van der Waals surface area contributed by atoms with E-state index in [1.807, 2.05) is 4.90 Å². The lowest BCUT2D eigenvalue weighted by molar-refractivity contribution is -0.122. The van der Waals surface area contributed by atoms with Crippen molar-refractivity contribution in [2.75, 3.05) is 39.3 Å². The van der Waals surface area contributed by atoms with Gasteiger partial charge in [0, 0.05) is 38.3 Å². The highest BCUT2D eigenvalue weighted by atomic mass is 32.2. The zero-order valence-electron chi connectivity index (χ0n) is 17.0. The monoisotopic (exact) mass is 448 g/mol. The molecule has 1 aliphatic rings. The lowest BCUT2D eigenvalue weighted by Gasteiger charge is -2.34. The van der Waals surface area contributed by atoms with E-state index < -0.39 is 15.8 Å². The van der Waals surface area contributed by atoms with Gasteiger partial charge in [-0.3, -0.25) is 14.5 Å². The standard InChI is InChI=1S/C21H25FN4O4S/c22-18-3-1-2-17(14-18)21(28)26-12-10-25(11-13-26)15-20(27)24-9-8-16-4-6-19(7-5-16)31(23,29)30/h1-7,14H,8-13,15H2,(H,24,27)(H2,23,29,30). The van der Waals surface area contributed by atoms with Gasteiger partial charge in [-0.1, -0.05) is 18.2 Å². The summed E-state index contributed by atoms with van der Waals surface area (Å²) in [6.45, 7) is 2.71. The molecule has 2 aromatic rings. The third kappa shape index (κ3) is 6.58. The molecule has 0 bridgehead atoms. The minimum atomic E-state index is -3.71. The fourth-order valence-electron chi connectivity index (χ4n) is 3.36. The van der Waals surface area contributed by atoms with Gasteiger partial charge in [0.25, 0.3) is 5.91 Å². The van der Waals surface area contributed by atoms with E-state index in [1.54, 1.807) is 23.1 Å². The lowest BCUT2D eigenvalue weighted by atomic mass is 10.1. The summed E-state index contributed by atoms with van der Waals surface area (Å²) >= 11 is 0. The summed E-state index contributed by atoms with van der Waals surface area (Å²) in [6, 6.07) is 11.8. The van der Waals surface area contributed by atoms with E-state index in [1.165, 1.54) is 30.3 Å². The smallest absolute Gasteiger partial charge is 0.254 e. The molecule has 0 spiro atoms. The van der Waals surface area contributed by atoms with Gasteiger partial charge in [-0.2, -0.15) is 0 Å². The first-order valence-corrected chi connectivity index (χ1v) is 11.4. The van der Waals surface area contributed by atoms with Gasteiger partial charge in [0.15, 0.2) is 0 Å². The molecule has 0 saturated carbocycles. The van der Waals surface area contributed by atoms with Crippen molar-refractivity contribution >= 4 is 21.8 Å². The average molecular weight is 449 g/mol. The van der Waals surface area contributed by atoms with Crippen LogP contribution >= 0.6 is 0 Å². The Morgan fingerprint density at radius 1 is 1.03 bits per heavy atom. The number of rotatable bonds is 7. The number of nitrogens with one attached hydrogen (secondary N) is 1. The third-order valence-corrected chi connectivity index (χ3v) is 6.02. The SMILES string of the molecule is NS(=O)(=O)c1ccc(CCNC(=O)CN2CCN(C(=O)c3cccc(F)c3)CC2)cc1. The maximum absolute atomic E-state index is 13.3. The highest BCUT2D eigenvalue weighted by Gasteiger charge is 2.23. The van der Waals surface area contributed by atoms with Crippen molar-refractivity contribution in [1.29, 1.82) is 0 Å². The summed E-state index contributed by atoms with van der Waals surface area (Å²) in [4.78, 5) is 28.3. The van der Waals surface area contributed by atoms with Crippen LogP contribution in [0.25, 0.3) is 0 Å². The number of primary sulfonamides is 1. The fraction of sp³-hybridized carbons (Fsp3) is 0.333. The molecule has 0 atom stereocenters. The van der Waals surface area contributed by atoms with Gasteiger partial charge >= 0.3 is 0 Å². The Hall–Kier alpha value is -2.82. The number of sulfonamides is 1. The molecular formula is C21H25FN4O4S. The molecule has 2 amide bonds. The summed E-state index contributed by atoms with van der Waals surface area (Å²) in [5.74, 6) is -0.773. The minimum Gasteiger partial charge on any atom is -0.355 e. The number of piperazine rings is 1. The second-order valence-electron chi connectivity index (χ2n) is 7.37. The van der Waals surface area contributed by atoms with Gasteiger partial charge in [0.05, 0.1) is 11.4 Å². The Morgan fingerprint density at radius 2 is 1.71 bits per heavy atom. The molecule has 0 unspecified atom stereocenters. The molecule has 0 radical (unpaired) electrons. The maximum Gasteiger partial charge on any atom is 0.254 e. The molecule has 3 N–H and O–H groups in total. The van der Waals surface area contributed by atoms with Gasteiger partial charge in [0.2, 0.25) is 15.9 Å². The van der Waals surface area contributed by atoms with Crippen LogP contribution in [0.1, 0.15) is 15.9 Å². The molecule has 8 nitrogen and oxygen atoms in total. The van der Waals surface area contributed by atoms with Crippen LogP contribution in [0.3, 0.4) is 0 Å². The van der Waals surface area contributed by atoms with Crippen molar-refractivity contribution in [2.24, 2.45) is 5.14 Å². The van der Waals surface area contributed by atoms with Crippen molar-refractivity contribution in [3.63, 3.8) is 0 Å². The summed E-state index contributed by atoms with van der Waals surface area (Å²) in [6.07, 6.45) is 0.562. The number of nitrogens with two attached hydrogens (primary N) is 1. The number of hydrogen-bond acceptors (Lipinski definition) is 5. The second kappa shape index (κ2) is 9.99. The molecule has 31 heavy (non-hydrogen) atoms. The van der Waals surface area contributed by atoms with Crippen molar-refractivity contribution in [3.05, 3.63) is 65.5 Å². The predicted molar refractivity (Wildman–Crippen MR) is 113 cm³/mol. The molecule has 1 heterocycles. The summed E-state index contributed by atoms with van der Waals surface area (Å²) in [5.41, 5.74) is 1.21. The number of hydrogen-bond donors (Lipinski definition) is 2. The first-order valence-electron chi connectivity index (χ1n) is 9.88. The Balaban J connectivity index is 1.38. The van der Waals surface area contributed by atoms with Crippen LogP contribution in [0.2, 0.25) is 0 Å². The van der Waals surface area contributed by atoms with Gasteiger partial charge in [-0.05, 0) is 42.3 Å². The minimum absolute atomic E-state index is 0.0512. The van der Waals surface area contributed by atoms with Gasteiger partial charge in [-0.15, -0.1) is 0 Å². The molecule has 3 rings (SSSR count). The molecule has 10 heteroatoms. The van der Waals surface area contributed by atoms with E-state index in [2.05, 4.69) is 5.32 Å². The van der Waals surface area contributed by atoms with E-state index >= 15 is 0 Å². The molecular weight excluding hydrogens is 423 g/mol. The number of carbonyl (C=O) groups excluding carboxylic acids is 2. The van der Waals surface area contributed by atoms with Crippen molar-refractivity contribution in [3.8, 4) is 0 Å². The number of nitrogens with zero attached hydrogens (tertiary/aromatic N) is 2. The molecule has 1 saturated heterocycles. The van der Waals surface area contributed by atoms with Crippen LogP contribution in [-0.2, 0) is 21.2 Å². The van der Waals surface area contributed by atoms with E-state index in [-0.39, 0.29) is 23.3 Å². The highest BCUT2D eigenvalue weighted by molar-refractivity contribution is 7.89. The maximum atomic E-state index is 13.3. The Kier molecular flexibility index (Phi) is 7.37. The number of carbonyl (C=O) groups is 2. The van der Waals surface area contributed by atoms with E-state index in [0.29, 0.717) is 44.7 Å². The van der Waals surface area contributed by atoms with Gasteiger partial charge in [0.1, 0.15) is 5.82 Å². The third-order valence-electron chi connectivity index (χ3n) is 5.09. The van der Waals surface area contributed by atoms with Crippen LogP contribution < -0.4 is 10.5 Å². The Bertz CT molecular complexity index is 1040. The molecule has 166 valence electrons. The normalized spacial score (nSPS) is 15.0. The molecule has 1 fully saturated rings. The summed E-state index contributed by atoms with van der Waals surface area (Å²) in [7, 11) is -3.71. The number of benzene rings is 2. The van der Waals surface area contributed by atoms with Crippen LogP contribution in [-0.4, -0.2) is 69.3 Å². The quantitative estimate of drug-likeness (QED) is 0.644. The summed E-state index contributed by atoms with van der Waals surface area (Å²) < 4.78 is 35.8. The van der Waals surface area contributed by atoms with Crippen molar-refractivity contribution < 1.29 is 22.4 Å². The summed E-state index contributed by atoms with van der Waals surface area (Å²) in [5, 5.41) is 7.91. The zero-order valence-corrected chi connectivity index (χ0v) is 17.8. The Labute approximate surface area is 180 Å². The van der Waals surface area contributed by atoms with E-state index in [0.717, 1.165) is 5.56 Å². The Morgan fingerprint density at radius 3 is 2.32 bits per heavy atom. The molecule has 2 aromatic carbocycles. The average Bonchev–Trinajstić information content (AvgIpc) is 2.73. The topological polar surface area (TPSA) is 113 Å². The molecule has 0 aromatic heterocycles. The van der Waals surface area contributed by atoms with Gasteiger partial charge in [-0.25, -0.2) is 17.9 Å². The zero-order chi connectivity index (χ0) is 22.4. The largest absolute Gasteiger partial charge is 0.355 e. The first-order chi connectivity index (χ1) is 14.7. The second-order valence-corrected chi connectivity index (χ2v) is 8.93. The number of amides is 2. The van der Waals surface area contributed by atoms with Gasteiger partial charge < -0.3 is 10.2 Å². The first kappa shape index (κ1) is 22.9. The van der Waals surface area contributed by atoms with Crippen molar-refractivity contribution in [2.45, 2.75) is 11.3 Å². The molecule has 0 aliphatic carbocycles. The fourth-order valence-corrected chi connectivity index (χ4v) is 3.88. The molecule has 1 aliphatic heterocycles. The van der Waals surface area contributed by atoms with E-state index in [9.17, 15) is 22.4 Å². The van der Waals surface area contributed by atoms with Crippen LogP contribution in [0.4, 0.5) is 4.39 Å². The van der Waals surface area contributed by atoms with E-state index in [4.69, 9.17) is 5.14 Å². The van der Waals surface area contributed by atoms with Crippen LogP contribution in [0, 0.1) is 5.82 Å². The van der Waals surface area contributed by atoms with Crippen LogP contribution in [0.15, 0.2) is 53.4 Å².